The molecular formula is C21H19F6N3O4. The lowest BCUT2D eigenvalue weighted by molar-refractivity contribution is -0.274. The zero-order valence-electron chi connectivity index (χ0n) is 18.1. The SMILES string of the molecule is Cc1cc(C(=O)CN2C(=O)NC(C)(c3ccc(OC(F)(F)F)cc3)C2=O)c(C)n1CC(F)(F)F. The Labute approximate surface area is 189 Å². The summed E-state index contributed by atoms with van der Waals surface area (Å²) in [4.78, 5) is 38.8. The molecule has 1 saturated heterocycles. The average molecular weight is 491 g/mol. The summed E-state index contributed by atoms with van der Waals surface area (Å²) in [6.45, 7) is 2.00. The highest BCUT2D eigenvalue weighted by Crippen LogP contribution is 2.32. The van der Waals surface area contributed by atoms with Gasteiger partial charge in [0.1, 0.15) is 17.8 Å². The van der Waals surface area contributed by atoms with Gasteiger partial charge < -0.3 is 14.6 Å². The summed E-state index contributed by atoms with van der Waals surface area (Å²) in [5.41, 5.74) is -1.39. The van der Waals surface area contributed by atoms with Crippen LogP contribution in [0.15, 0.2) is 30.3 Å². The van der Waals surface area contributed by atoms with Gasteiger partial charge in [0.05, 0.1) is 6.54 Å². The number of aromatic nitrogens is 1. The number of benzene rings is 1. The minimum absolute atomic E-state index is 0.0369. The maximum Gasteiger partial charge on any atom is 0.573 e. The van der Waals surface area contributed by atoms with Crippen molar-refractivity contribution >= 4 is 17.7 Å². The summed E-state index contributed by atoms with van der Waals surface area (Å²) in [7, 11) is 0. The fraction of sp³-hybridized carbons (Fsp3) is 0.381. The van der Waals surface area contributed by atoms with E-state index in [0.717, 1.165) is 28.8 Å². The molecule has 1 unspecified atom stereocenters. The highest BCUT2D eigenvalue weighted by molar-refractivity contribution is 6.11. The molecule has 1 aromatic heterocycles. The zero-order valence-corrected chi connectivity index (χ0v) is 18.1. The van der Waals surface area contributed by atoms with Gasteiger partial charge in [-0.1, -0.05) is 12.1 Å². The monoisotopic (exact) mass is 491 g/mol. The van der Waals surface area contributed by atoms with E-state index >= 15 is 0 Å². The number of hydrogen-bond donors (Lipinski definition) is 1. The Morgan fingerprint density at radius 2 is 1.65 bits per heavy atom. The summed E-state index contributed by atoms with van der Waals surface area (Å²) in [5, 5.41) is 2.40. The van der Waals surface area contributed by atoms with E-state index in [1.54, 1.807) is 0 Å². The Balaban J connectivity index is 1.80. The molecule has 1 aliphatic rings. The molecule has 1 aliphatic heterocycles. The molecule has 1 N–H and O–H groups in total. The number of amides is 3. The molecule has 13 heteroatoms. The van der Waals surface area contributed by atoms with Crippen LogP contribution in [0.3, 0.4) is 0 Å². The van der Waals surface area contributed by atoms with E-state index in [2.05, 4.69) is 10.1 Å². The molecule has 3 rings (SSSR count). The number of alkyl halides is 6. The summed E-state index contributed by atoms with van der Waals surface area (Å²) < 4.78 is 80.2. The van der Waals surface area contributed by atoms with Crippen molar-refractivity contribution in [2.24, 2.45) is 0 Å². The number of Topliss-reactive ketones (excluding diaryl/α,β-unsaturated/α-hetero) is 1. The summed E-state index contributed by atoms with van der Waals surface area (Å²) in [5.74, 6) is -2.12. The number of aryl methyl sites for hydroxylation is 1. The third-order valence-corrected chi connectivity index (χ3v) is 5.45. The first-order valence-corrected chi connectivity index (χ1v) is 9.79. The quantitative estimate of drug-likeness (QED) is 0.373. The van der Waals surface area contributed by atoms with Crippen molar-refractivity contribution in [2.45, 2.75) is 45.4 Å². The number of imide groups is 1. The lowest BCUT2D eigenvalue weighted by atomic mass is 9.92. The fourth-order valence-corrected chi connectivity index (χ4v) is 3.76. The molecule has 2 heterocycles. The second kappa shape index (κ2) is 8.37. The Kier molecular flexibility index (Phi) is 6.18. The molecule has 1 atom stereocenters. The third-order valence-electron chi connectivity index (χ3n) is 5.45. The van der Waals surface area contributed by atoms with Gasteiger partial charge in [0.15, 0.2) is 5.78 Å². The van der Waals surface area contributed by atoms with Gasteiger partial charge in [-0.25, -0.2) is 4.79 Å². The molecule has 0 saturated carbocycles. The average Bonchev–Trinajstić information content (AvgIpc) is 3.08. The number of hydrogen-bond acceptors (Lipinski definition) is 4. The van der Waals surface area contributed by atoms with E-state index in [1.807, 2.05) is 0 Å². The van der Waals surface area contributed by atoms with Crippen LogP contribution in [-0.4, -0.2) is 46.3 Å². The number of nitrogens with one attached hydrogen (secondary N) is 1. The Bertz CT molecular complexity index is 1140. The van der Waals surface area contributed by atoms with E-state index in [4.69, 9.17) is 0 Å². The van der Waals surface area contributed by atoms with E-state index in [-0.39, 0.29) is 22.5 Å². The molecule has 7 nitrogen and oxygen atoms in total. The van der Waals surface area contributed by atoms with Gasteiger partial charge in [-0.05, 0) is 44.5 Å². The number of urea groups is 1. The molecule has 34 heavy (non-hydrogen) atoms. The number of ether oxygens (including phenoxy) is 1. The zero-order chi connectivity index (χ0) is 25.6. The molecular weight excluding hydrogens is 472 g/mol. The molecule has 2 aromatic rings. The molecule has 0 radical (unpaired) electrons. The van der Waals surface area contributed by atoms with Gasteiger partial charge in [-0.15, -0.1) is 13.2 Å². The lowest BCUT2D eigenvalue weighted by Crippen LogP contribution is -2.41. The fourth-order valence-electron chi connectivity index (χ4n) is 3.76. The van der Waals surface area contributed by atoms with Gasteiger partial charge in [-0.2, -0.15) is 13.2 Å². The van der Waals surface area contributed by atoms with Crippen LogP contribution in [0.5, 0.6) is 5.75 Å². The smallest absolute Gasteiger partial charge is 0.406 e. The first-order chi connectivity index (χ1) is 15.5. The van der Waals surface area contributed by atoms with Gasteiger partial charge >= 0.3 is 18.6 Å². The predicted molar refractivity (Wildman–Crippen MR) is 105 cm³/mol. The van der Waals surface area contributed by atoms with Crippen LogP contribution >= 0.6 is 0 Å². The standard InChI is InChI=1S/C21H19F6N3O4/c1-11-8-15(12(2)30(11)10-20(22,23)24)16(31)9-29-17(32)19(3,28-18(29)33)13-4-6-14(7-5-13)34-21(25,26)27/h4-8H,9-10H2,1-3H3,(H,28,33). The van der Waals surface area contributed by atoms with Crippen molar-refractivity contribution in [3.8, 4) is 5.75 Å². The van der Waals surface area contributed by atoms with Crippen LogP contribution in [-0.2, 0) is 16.9 Å². The van der Waals surface area contributed by atoms with E-state index in [1.165, 1.54) is 26.8 Å². The Hall–Kier alpha value is -3.51. The summed E-state index contributed by atoms with van der Waals surface area (Å²) in [6.07, 6.45) is -9.42. The minimum atomic E-state index is -4.91. The highest BCUT2D eigenvalue weighted by Gasteiger charge is 2.49. The maximum absolute atomic E-state index is 13.0. The molecule has 1 fully saturated rings. The molecule has 0 spiro atoms. The Morgan fingerprint density at radius 3 is 2.18 bits per heavy atom. The van der Waals surface area contributed by atoms with E-state index in [0.29, 0.717) is 4.90 Å². The molecule has 0 aliphatic carbocycles. The van der Waals surface area contributed by atoms with Gasteiger partial charge in [-0.3, -0.25) is 14.5 Å². The molecule has 0 bridgehead atoms. The topological polar surface area (TPSA) is 80.6 Å². The number of carbonyl (C=O) groups excluding carboxylic acids is 3. The van der Waals surface area contributed by atoms with Crippen molar-refractivity contribution in [3.63, 3.8) is 0 Å². The number of ketones is 1. The van der Waals surface area contributed by atoms with Crippen molar-refractivity contribution < 1.29 is 45.5 Å². The second-order valence-electron chi connectivity index (χ2n) is 7.93. The largest absolute Gasteiger partial charge is 0.573 e. The summed E-state index contributed by atoms with van der Waals surface area (Å²) in [6, 6.07) is 4.58. The van der Waals surface area contributed by atoms with Crippen molar-refractivity contribution in [1.29, 1.82) is 0 Å². The first-order valence-electron chi connectivity index (χ1n) is 9.79. The van der Waals surface area contributed by atoms with Gasteiger partial charge in [0.2, 0.25) is 0 Å². The van der Waals surface area contributed by atoms with E-state index < -0.39 is 54.6 Å². The van der Waals surface area contributed by atoms with Crippen LogP contribution < -0.4 is 10.1 Å². The van der Waals surface area contributed by atoms with Gasteiger partial charge in [0, 0.05) is 17.0 Å². The Morgan fingerprint density at radius 1 is 1.06 bits per heavy atom. The third kappa shape index (κ3) is 5.02. The van der Waals surface area contributed by atoms with Crippen LogP contribution in [0.4, 0.5) is 31.1 Å². The maximum atomic E-state index is 13.0. The van der Waals surface area contributed by atoms with Crippen LogP contribution in [0.1, 0.15) is 34.2 Å². The van der Waals surface area contributed by atoms with Crippen molar-refractivity contribution in [3.05, 3.63) is 52.8 Å². The predicted octanol–water partition coefficient (Wildman–Crippen LogP) is 4.22. The minimum Gasteiger partial charge on any atom is -0.406 e. The van der Waals surface area contributed by atoms with Crippen molar-refractivity contribution in [2.75, 3.05) is 6.54 Å². The lowest BCUT2D eigenvalue weighted by Gasteiger charge is -2.22. The number of halogens is 6. The highest BCUT2D eigenvalue weighted by atomic mass is 19.4. The van der Waals surface area contributed by atoms with Crippen LogP contribution in [0, 0.1) is 13.8 Å². The molecule has 3 amide bonds. The van der Waals surface area contributed by atoms with Crippen LogP contribution in [0.2, 0.25) is 0 Å². The van der Waals surface area contributed by atoms with Crippen LogP contribution in [0.25, 0.3) is 0 Å². The normalized spacial score (nSPS) is 18.9. The second-order valence-corrected chi connectivity index (χ2v) is 7.93. The summed E-state index contributed by atoms with van der Waals surface area (Å²) >= 11 is 0. The van der Waals surface area contributed by atoms with Crippen molar-refractivity contribution in [1.82, 2.24) is 14.8 Å². The first kappa shape index (κ1) is 25.1. The number of nitrogens with zero attached hydrogens (tertiary/aromatic N) is 2. The number of rotatable bonds is 6. The van der Waals surface area contributed by atoms with E-state index in [9.17, 15) is 40.7 Å². The van der Waals surface area contributed by atoms with Gasteiger partial charge in [0.25, 0.3) is 5.91 Å². The molecule has 1 aromatic carbocycles. The number of carbonyl (C=O) groups is 3. The molecule has 184 valence electrons.